The summed E-state index contributed by atoms with van der Waals surface area (Å²) in [4.78, 5) is 25.9. The molecule has 9 heteroatoms. The Morgan fingerprint density at radius 1 is 1.19 bits per heavy atom. The van der Waals surface area contributed by atoms with Gasteiger partial charge in [0.2, 0.25) is 11.9 Å². The number of aromatic hydroxyl groups is 1. The number of carbonyl (C=O) groups is 1. The van der Waals surface area contributed by atoms with Crippen LogP contribution in [0.1, 0.15) is 42.9 Å². The second kappa shape index (κ2) is 8.54. The third-order valence-electron chi connectivity index (χ3n) is 6.52. The number of rotatable bonds is 4. The van der Waals surface area contributed by atoms with Crippen LogP contribution in [-0.2, 0) is 15.6 Å². The van der Waals surface area contributed by atoms with E-state index in [4.69, 9.17) is 9.97 Å². The van der Waals surface area contributed by atoms with Crippen molar-refractivity contribution in [3.05, 3.63) is 40.9 Å². The smallest absolute Gasteiger partial charge is 0.227 e. The maximum absolute atomic E-state index is 12.6. The Morgan fingerprint density at radius 2 is 2.00 bits per heavy atom. The van der Waals surface area contributed by atoms with Gasteiger partial charge in [-0.3, -0.25) is 4.79 Å². The minimum atomic E-state index is -1.27. The van der Waals surface area contributed by atoms with Crippen molar-refractivity contribution in [1.82, 2.24) is 14.9 Å². The van der Waals surface area contributed by atoms with Crippen LogP contribution < -0.4 is 10.2 Å². The highest BCUT2D eigenvalue weighted by atomic mass is 32.2. The molecule has 2 N–H and O–H groups in total. The molecule has 1 amide bonds. The van der Waals surface area contributed by atoms with Crippen LogP contribution in [0, 0.1) is 0 Å². The number of hydrogen-bond acceptors (Lipinski definition) is 7. The summed E-state index contributed by atoms with van der Waals surface area (Å²) in [5.41, 5.74) is 1.86. The summed E-state index contributed by atoms with van der Waals surface area (Å²) in [6.07, 6.45) is 4.93. The Labute approximate surface area is 189 Å². The van der Waals surface area contributed by atoms with Crippen LogP contribution in [0.2, 0.25) is 0 Å². The molecule has 2 atom stereocenters. The molecule has 8 nitrogen and oxygen atoms in total. The summed E-state index contributed by atoms with van der Waals surface area (Å²) in [7, 11) is 0.542. The van der Waals surface area contributed by atoms with Crippen molar-refractivity contribution in [2.45, 2.75) is 42.5 Å². The Balaban J connectivity index is 1.35. The zero-order valence-electron chi connectivity index (χ0n) is 18.0. The molecule has 0 bridgehead atoms. The maximum atomic E-state index is 12.6. The van der Waals surface area contributed by atoms with E-state index >= 15 is 0 Å². The Bertz CT molecular complexity index is 1100. The van der Waals surface area contributed by atoms with Crippen molar-refractivity contribution < 1.29 is 14.1 Å². The molecular weight excluding hydrogens is 426 g/mol. The summed E-state index contributed by atoms with van der Waals surface area (Å²) in [6, 6.07) is 7.57. The molecule has 1 unspecified atom stereocenters. The van der Waals surface area contributed by atoms with Crippen molar-refractivity contribution in [2.75, 3.05) is 36.9 Å². The SMILES string of the molecule is CN1C[C@@H](Nc2nc(N3CCC(c4cccc(O)c4)CC3)nc3c2S(=O)C=C3)CCC1=O. The molecule has 5 rings (SSSR count). The second-order valence-electron chi connectivity index (χ2n) is 8.70. The van der Waals surface area contributed by atoms with Crippen molar-refractivity contribution in [3.8, 4) is 5.75 Å². The Morgan fingerprint density at radius 3 is 2.75 bits per heavy atom. The van der Waals surface area contributed by atoms with E-state index in [1.165, 1.54) is 0 Å². The molecule has 1 aromatic heterocycles. The fourth-order valence-electron chi connectivity index (χ4n) is 4.72. The number of nitrogens with zero attached hydrogens (tertiary/aromatic N) is 4. The highest BCUT2D eigenvalue weighted by molar-refractivity contribution is 7.88. The van der Waals surface area contributed by atoms with Gasteiger partial charge in [-0.25, -0.2) is 9.19 Å². The molecule has 4 heterocycles. The first kappa shape index (κ1) is 20.9. The maximum Gasteiger partial charge on any atom is 0.227 e. The number of amides is 1. The van der Waals surface area contributed by atoms with Crippen LogP contribution in [0.4, 0.5) is 11.8 Å². The molecule has 2 saturated heterocycles. The van der Waals surface area contributed by atoms with E-state index in [0.29, 0.717) is 47.0 Å². The number of aromatic nitrogens is 2. The van der Waals surface area contributed by atoms with Crippen LogP contribution in [-0.4, -0.2) is 62.8 Å². The van der Waals surface area contributed by atoms with Crippen LogP contribution in [0.25, 0.3) is 6.08 Å². The third-order valence-corrected chi connectivity index (χ3v) is 7.71. The molecule has 3 aliphatic heterocycles. The van der Waals surface area contributed by atoms with Crippen molar-refractivity contribution in [2.24, 2.45) is 0 Å². The predicted molar refractivity (Wildman–Crippen MR) is 124 cm³/mol. The first-order chi connectivity index (χ1) is 15.5. The minimum absolute atomic E-state index is 0.0682. The fourth-order valence-corrected chi connectivity index (χ4v) is 5.72. The average Bonchev–Trinajstić information content (AvgIpc) is 3.17. The van der Waals surface area contributed by atoms with Crippen LogP contribution in [0.3, 0.4) is 0 Å². The number of nitrogens with one attached hydrogen (secondary N) is 1. The number of likely N-dealkylation sites (N-methyl/N-ethyl adjacent to an activating group) is 1. The van der Waals surface area contributed by atoms with Gasteiger partial charge in [0.1, 0.15) is 16.5 Å². The zero-order valence-corrected chi connectivity index (χ0v) is 18.8. The first-order valence-corrected chi connectivity index (χ1v) is 12.2. The molecule has 168 valence electrons. The summed E-state index contributed by atoms with van der Waals surface area (Å²) in [5, 5.41) is 14.9. The van der Waals surface area contributed by atoms with Gasteiger partial charge < -0.3 is 20.2 Å². The van der Waals surface area contributed by atoms with Gasteiger partial charge in [-0.1, -0.05) is 12.1 Å². The molecule has 0 radical (unpaired) electrons. The average molecular weight is 454 g/mol. The normalized spacial score (nSPS) is 23.5. The standard InChI is InChI=1S/C23H27N5O3S/c1-27-14-17(5-6-20(27)30)24-22-21-19(9-12-32(21)31)25-23(26-22)28-10-7-15(8-11-28)16-3-2-4-18(29)13-16/h2-4,9,12-13,15,17,29H,5-8,10-11,14H2,1H3,(H,24,25,26)/t17-,32?/m0/s1. The van der Waals surface area contributed by atoms with E-state index in [1.54, 1.807) is 22.5 Å². The largest absolute Gasteiger partial charge is 0.508 e. The number of hydrogen-bond donors (Lipinski definition) is 2. The second-order valence-corrected chi connectivity index (χ2v) is 9.97. The molecule has 1 aromatic carbocycles. The van der Waals surface area contributed by atoms with Crippen molar-refractivity contribution in [1.29, 1.82) is 0 Å². The Hall–Kier alpha value is -2.94. The summed E-state index contributed by atoms with van der Waals surface area (Å²) >= 11 is 0. The van der Waals surface area contributed by atoms with Crippen molar-refractivity contribution in [3.63, 3.8) is 0 Å². The van der Waals surface area contributed by atoms with Gasteiger partial charge >= 0.3 is 0 Å². The Kier molecular flexibility index (Phi) is 5.58. The van der Waals surface area contributed by atoms with Gasteiger partial charge in [-0.15, -0.1) is 0 Å². The van der Waals surface area contributed by atoms with Gasteiger partial charge in [0, 0.05) is 44.6 Å². The van der Waals surface area contributed by atoms with E-state index in [9.17, 15) is 14.1 Å². The number of benzene rings is 1. The summed E-state index contributed by atoms with van der Waals surface area (Å²) < 4.78 is 12.6. The number of fused-ring (bicyclic) bond motifs is 1. The number of carbonyl (C=O) groups excluding carboxylic acids is 1. The lowest BCUT2D eigenvalue weighted by Gasteiger charge is -2.33. The third kappa shape index (κ3) is 4.09. The molecule has 0 spiro atoms. The number of anilines is 2. The molecule has 2 aromatic rings. The van der Waals surface area contributed by atoms with E-state index in [-0.39, 0.29) is 11.9 Å². The van der Waals surface area contributed by atoms with Crippen molar-refractivity contribution >= 4 is 34.5 Å². The highest BCUT2D eigenvalue weighted by Gasteiger charge is 2.29. The monoisotopic (exact) mass is 453 g/mol. The van der Waals surface area contributed by atoms with E-state index < -0.39 is 10.8 Å². The summed E-state index contributed by atoms with van der Waals surface area (Å²) in [5.74, 6) is 2.10. The minimum Gasteiger partial charge on any atom is -0.508 e. The first-order valence-electron chi connectivity index (χ1n) is 11.0. The number of likely N-dealkylation sites (tertiary alicyclic amines) is 1. The van der Waals surface area contributed by atoms with E-state index in [0.717, 1.165) is 37.9 Å². The summed E-state index contributed by atoms with van der Waals surface area (Å²) in [6.45, 7) is 2.22. The number of phenols is 1. The lowest BCUT2D eigenvalue weighted by Crippen LogP contribution is -2.43. The van der Waals surface area contributed by atoms with Crippen LogP contribution >= 0.6 is 0 Å². The van der Waals surface area contributed by atoms with Gasteiger partial charge in [-0.2, -0.15) is 4.98 Å². The molecule has 0 aliphatic carbocycles. The van der Waals surface area contributed by atoms with Crippen LogP contribution in [0.15, 0.2) is 34.6 Å². The van der Waals surface area contributed by atoms with Gasteiger partial charge in [0.05, 0.1) is 16.5 Å². The quantitative estimate of drug-likeness (QED) is 0.734. The fraction of sp³-hybridized carbons (Fsp3) is 0.435. The predicted octanol–water partition coefficient (Wildman–Crippen LogP) is 2.69. The molecule has 0 saturated carbocycles. The lowest BCUT2D eigenvalue weighted by molar-refractivity contribution is -0.132. The van der Waals surface area contributed by atoms with E-state index in [2.05, 4.69) is 16.3 Å². The van der Waals surface area contributed by atoms with Gasteiger partial charge in [0.25, 0.3) is 0 Å². The highest BCUT2D eigenvalue weighted by Crippen LogP contribution is 2.34. The van der Waals surface area contributed by atoms with Gasteiger partial charge in [0.15, 0.2) is 0 Å². The number of phenolic OH excluding ortho intramolecular Hbond substituents is 1. The van der Waals surface area contributed by atoms with Gasteiger partial charge in [-0.05, 0) is 49.0 Å². The molecular formula is C23H27N5O3S. The molecule has 32 heavy (non-hydrogen) atoms. The topological polar surface area (TPSA) is 98.7 Å². The number of piperidine rings is 2. The molecule has 3 aliphatic rings. The molecule has 2 fully saturated rings. The van der Waals surface area contributed by atoms with E-state index in [1.807, 2.05) is 19.2 Å². The zero-order chi connectivity index (χ0) is 22.2. The van der Waals surface area contributed by atoms with Crippen LogP contribution in [0.5, 0.6) is 5.75 Å². The lowest BCUT2D eigenvalue weighted by atomic mass is 9.89.